The Hall–Kier alpha value is -2.93. The molecular weight excluding hydrogens is 324 g/mol. The molecule has 0 atom stereocenters. The van der Waals surface area contributed by atoms with Gasteiger partial charge in [0.15, 0.2) is 12.4 Å². The third-order valence-corrected chi connectivity index (χ3v) is 3.30. The number of aromatic nitrogens is 2. The van der Waals surface area contributed by atoms with Crippen molar-refractivity contribution in [2.75, 3.05) is 0 Å². The van der Waals surface area contributed by atoms with Gasteiger partial charge < -0.3 is 18.3 Å². The van der Waals surface area contributed by atoms with E-state index in [2.05, 4.69) is 10.2 Å². The normalized spacial score (nSPS) is 11.0. The number of carbonyl (C=O) groups is 1. The van der Waals surface area contributed by atoms with Crippen LogP contribution in [-0.4, -0.2) is 22.3 Å². The summed E-state index contributed by atoms with van der Waals surface area (Å²) in [5, 5.41) is 7.66. The predicted octanol–water partition coefficient (Wildman–Crippen LogP) is 3.61. The maximum atomic E-state index is 12.1. The molecule has 0 N–H and O–H groups in total. The van der Waals surface area contributed by atoms with Gasteiger partial charge in [-0.1, -0.05) is 12.1 Å². The van der Waals surface area contributed by atoms with E-state index < -0.39 is 5.97 Å². The highest BCUT2D eigenvalue weighted by atomic mass is 16.5. The number of carbonyl (C=O) groups excluding carboxylic acids is 1. The molecule has 0 amide bonds. The zero-order chi connectivity index (χ0) is 17.6. The van der Waals surface area contributed by atoms with E-state index in [1.54, 1.807) is 24.3 Å². The van der Waals surface area contributed by atoms with Gasteiger partial charge in [-0.05, 0) is 43.7 Å². The minimum absolute atomic E-state index is 0.106. The molecular formula is C18H18N2O5. The fourth-order valence-electron chi connectivity index (χ4n) is 2.02. The first kappa shape index (κ1) is 16.9. The topological polar surface area (TPSA) is 87.6 Å². The van der Waals surface area contributed by atoms with E-state index in [4.69, 9.17) is 18.3 Å². The maximum absolute atomic E-state index is 12.1. The fraction of sp³-hybridized carbons (Fsp3) is 0.278. The minimum atomic E-state index is -0.464. The van der Waals surface area contributed by atoms with Gasteiger partial charge in [-0.25, -0.2) is 4.79 Å². The van der Waals surface area contributed by atoms with Crippen LogP contribution in [0, 0.1) is 0 Å². The molecule has 0 radical (unpaired) electrons. The molecule has 2 heterocycles. The molecule has 0 aliphatic carbocycles. The van der Waals surface area contributed by atoms with Crippen molar-refractivity contribution in [3.8, 4) is 11.7 Å². The second-order valence-corrected chi connectivity index (χ2v) is 5.61. The summed E-state index contributed by atoms with van der Waals surface area (Å²) in [6.45, 7) is 4.34. The molecule has 0 saturated carbocycles. The molecule has 0 fully saturated rings. The molecule has 0 spiro atoms. The van der Waals surface area contributed by atoms with E-state index in [-0.39, 0.29) is 24.5 Å². The van der Waals surface area contributed by atoms with Crippen LogP contribution in [0.15, 0.2) is 51.5 Å². The first-order valence-corrected chi connectivity index (χ1v) is 7.86. The SMILES string of the molecule is CC(C)OCc1ccc(C(=O)OCc2nnc(-c3ccco3)o2)cc1. The lowest BCUT2D eigenvalue weighted by molar-refractivity contribution is 0.0438. The predicted molar refractivity (Wildman–Crippen MR) is 87.5 cm³/mol. The number of esters is 1. The summed E-state index contributed by atoms with van der Waals surface area (Å²) in [5.41, 5.74) is 1.43. The third kappa shape index (κ3) is 4.54. The van der Waals surface area contributed by atoms with Crippen LogP contribution >= 0.6 is 0 Å². The van der Waals surface area contributed by atoms with Gasteiger partial charge in [0.25, 0.3) is 11.8 Å². The average molecular weight is 342 g/mol. The van der Waals surface area contributed by atoms with Crippen LogP contribution in [0.3, 0.4) is 0 Å². The van der Waals surface area contributed by atoms with Crippen molar-refractivity contribution in [3.05, 3.63) is 59.7 Å². The summed E-state index contributed by atoms with van der Waals surface area (Å²) in [6, 6.07) is 10.5. The third-order valence-electron chi connectivity index (χ3n) is 3.30. The summed E-state index contributed by atoms with van der Waals surface area (Å²) in [5.74, 6) is 0.436. The Bertz CT molecular complexity index is 806. The van der Waals surface area contributed by atoms with Crippen molar-refractivity contribution in [1.82, 2.24) is 10.2 Å². The van der Waals surface area contributed by atoms with E-state index >= 15 is 0 Å². The van der Waals surface area contributed by atoms with Gasteiger partial charge in [0.2, 0.25) is 0 Å². The lowest BCUT2D eigenvalue weighted by Crippen LogP contribution is -2.06. The molecule has 7 nitrogen and oxygen atoms in total. The Kier molecular flexibility index (Phi) is 5.25. The molecule has 0 bridgehead atoms. The molecule has 7 heteroatoms. The largest absolute Gasteiger partial charge is 0.459 e. The Labute approximate surface area is 144 Å². The molecule has 2 aromatic heterocycles. The standard InChI is InChI=1S/C18H18N2O5/c1-12(2)23-10-13-5-7-14(8-6-13)18(21)24-11-16-19-20-17(25-16)15-4-3-9-22-15/h3-9,12H,10-11H2,1-2H3. The van der Waals surface area contributed by atoms with E-state index in [1.165, 1.54) is 6.26 Å². The summed E-state index contributed by atoms with van der Waals surface area (Å²) in [6.07, 6.45) is 1.67. The van der Waals surface area contributed by atoms with Gasteiger partial charge in [-0.15, -0.1) is 10.2 Å². The van der Waals surface area contributed by atoms with Gasteiger partial charge >= 0.3 is 5.97 Å². The molecule has 0 unspecified atom stereocenters. The van der Waals surface area contributed by atoms with E-state index in [0.717, 1.165) is 5.56 Å². The Balaban J connectivity index is 1.54. The molecule has 0 aliphatic heterocycles. The Morgan fingerprint density at radius 3 is 2.60 bits per heavy atom. The van der Waals surface area contributed by atoms with Crippen molar-refractivity contribution >= 4 is 5.97 Å². The first-order chi connectivity index (χ1) is 12.1. The Morgan fingerprint density at radius 1 is 1.12 bits per heavy atom. The summed E-state index contributed by atoms with van der Waals surface area (Å²) >= 11 is 0. The quantitative estimate of drug-likeness (QED) is 0.606. The van der Waals surface area contributed by atoms with Gasteiger partial charge in [-0.2, -0.15) is 0 Å². The summed E-state index contributed by atoms with van der Waals surface area (Å²) < 4.78 is 21.2. The molecule has 130 valence electrons. The van der Waals surface area contributed by atoms with Crippen LogP contribution in [0.25, 0.3) is 11.7 Å². The number of hydrogen-bond acceptors (Lipinski definition) is 7. The monoisotopic (exact) mass is 342 g/mol. The first-order valence-electron chi connectivity index (χ1n) is 7.86. The van der Waals surface area contributed by atoms with Gasteiger partial charge in [0.1, 0.15) is 0 Å². The highest BCUT2D eigenvalue weighted by Gasteiger charge is 2.13. The minimum Gasteiger partial charge on any atom is -0.459 e. The maximum Gasteiger partial charge on any atom is 0.338 e. The van der Waals surface area contributed by atoms with Crippen LogP contribution in [0.5, 0.6) is 0 Å². The highest BCUT2D eigenvalue weighted by molar-refractivity contribution is 5.89. The van der Waals surface area contributed by atoms with Crippen LogP contribution in [0.1, 0.15) is 35.7 Å². The Morgan fingerprint density at radius 2 is 1.92 bits per heavy atom. The van der Waals surface area contributed by atoms with Crippen molar-refractivity contribution < 1.29 is 23.1 Å². The molecule has 3 rings (SSSR count). The van der Waals surface area contributed by atoms with Gasteiger partial charge in [0, 0.05) is 0 Å². The summed E-state index contributed by atoms with van der Waals surface area (Å²) in [4.78, 5) is 12.1. The van der Waals surface area contributed by atoms with Crippen LogP contribution in [0.4, 0.5) is 0 Å². The number of benzene rings is 1. The summed E-state index contributed by atoms with van der Waals surface area (Å²) in [7, 11) is 0. The number of furan rings is 1. The fourth-order valence-corrected chi connectivity index (χ4v) is 2.02. The average Bonchev–Trinajstić information content (AvgIpc) is 3.29. The lowest BCUT2D eigenvalue weighted by atomic mass is 10.1. The highest BCUT2D eigenvalue weighted by Crippen LogP contribution is 2.18. The molecule has 0 aliphatic rings. The number of rotatable bonds is 7. The van der Waals surface area contributed by atoms with Gasteiger partial charge in [0.05, 0.1) is 24.5 Å². The zero-order valence-corrected chi connectivity index (χ0v) is 14.0. The molecule has 1 aromatic carbocycles. The van der Waals surface area contributed by atoms with Crippen molar-refractivity contribution in [2.24, 2.45) is 0 Å². The number of ether oxygens (including phenoxy) is 2. The van der Waals surface area contributed by atoms with Gasteiger partial charge in [-0.3, -0.25) is 0 Å². The second kappa shape index (κ2) is 7.76. The zero-order valence-electron chi connectivity index (χ0n) is 14.0. The van der Waals surface area contributed by atoms with E-state index in [9.17, 15) is 4.79 Å². The van der Waals surface area contributed by atoms with Crippen LogP contribution in [-0.2, 0) is 22.7 Å². The second-order valence-electron chi connectivity index (χ2n) is 5.61. The molecule has 25 heavy (non-hydrogen) atoms. The van der Waals surface area contributed by atoms with Crippen molar-refractivity contribution in [1.29, 1.82) is 0 Å². The smallest absolute Gasteiger partial charge is 0.338 e. The number of hydrogen-bond donors (Lipinski definition) is 0. The molecule has 0 saturated heterocycles. The van der Waals surface area contributed by atoms with Crippen molar-refractivity contribution in [2.45, 2.75) is 33.2 Å². The molecule has 3 aromatic rings. The van der Waals surface area contributed by atoms with Crippen molar-refractivity contribution in [3.63, 3.8) is 0 Å². The van der Waals surface area contributed by atoms with E-state index in [0.29, 0.717) is 17.9 Å². The van der Waals surface area contributed by atoms with Crippen LogP contribution < -0.4 is 0 Å². The van der Waals surface area contributed by atoms with E-state index in [1.807, 2.05) is 26.0 Å². The lowest BCUT2D eigenvalue weighted by Gasteiger charge is -2.08. The number of nitrogens with zero attached hydrogens (tertiary/aromatic N) is 2. The van der Waals surface area contributed by atoms with Crippen LogP contribution in [0.2, 0.25) is 0 Å².